The largest absolute Gasteiger partial charge is 0.369 e. The normalized spacial score (nSPS) is 11.4. The lowest BCUT2D eigenvalue weighted by Crippen LogP contribution is -2.30. The Morgan fingerprint density at radius 2 is 2.43 bits per heavy atom. The summed E-state index contributed by atoms with van der Waals surface area (Å²) in [5, 5.41) is 10.9. The van der Waals surface area contributed by atoms with E-state index in [0.29, 0.717) is 18.5 Å². The molecule has 0 bridgehead atoms. The predicted molar refractivity (Wildman–Crippen MR) is 53.0 cm³/mol. The van der Waals surface area contributed by atoms with E-state index in [1.807, 2.05) is 0 Å². The minimum Gasteiger partial charge on any atom is -0.369 e. The van der Waals surface area contributed by atoms with Crippen LogP contribution in [0.4, 0.5) is 5.95 Å². The first kappa shape index (κ1) is 10.2. The Bertz CT molecular complexity index is 338. The lowest BCUT2D eigenvalue weighted by Gasteiger charge is -2.09. The predicted octanol–water partition coefficient (Wildman–Crippen LogP) is -0.633. The molecule has 0 aliphatic rings. The van der Waals surface area contributed by atoms with E-state index < -0.39 is 0 Å². The molecule has 76 valence electrons. The second-order valence-corrected chi connectivity index (χ2v) is 2.81. The number of tetrazole rings is 1. The highest BCUT2D eigenvalue weighted by atomic mass is 15.6. The van der Waals surface area contributed by atoms with Crippen molar-refractivity contribution in [2.75, 3.05) is 14.1 Å². The van der Waals surface area contributed by atoms with Crippen molar-refractivity contribution in [2.24, 2.45) is 10.7 Å². The van der Waals surface area contributed by atoms with Crippen LogP contribution in [-0.4, -0.2) is 45.2 Å². The summed E-state index contributed by atoms with van der Waals surface area (Å²) in [6.45, 7) is 4.09. The summed E-state index contributed by atoms with van der Waals surface area (Å²) in [6, 6.07) is 0. The van der Waals surface area contributed by atoms with Gasteiger partial charge in [0.15, 0.2) is 5.96 Å². The number of aromatic nitrogens is 4. The average Bonchev–Trinajstić information content (AvgIpc) is 2.53. The monoisotopic (exact) mass is 195 g/mol. The third kappa shape index (κ3) is 2.28. The van der Waals surface area contributed by atoms with Crippen LogP contribution in [0.3, 0.4) is 0 Å². The van der Waals surface area contributed by atoms with Gasteiger partial charge in [-0.2, -0.15) is 4.99 Å². The summed E-state index contributed by atoms with van der Waals surface area (Å²) >= 11 is 0. The molecule has 0 saturated carbocycles. The Kier molecular flexibility index (Phi) is 3.16. The SMILES string of the molecule is C=CCn1nnnc1N=C(N)N(C)C. The van der Waals surface area contributed by atoms with Crippen LogP contribution in [0.25, 0.3) is 0 Å². The Morgan fingerprint density at radius 3 is 3.00 bits per heavy atom. The van der Waals surface area contributed by atoms with Gasteiger partial charge in [-0.1, -0.05) is 11.2 Å². The lowest BCUT2D eigenvalue weighted by atomic mass is 10.6. The molecule has 1 heterocycles. The van der Waals surface area contributed by atoms with Crippen LogP contribution in [0.5, 0.6) is 0 Å². The number of hydrogen-bond donors (Lipinski definition) is 1. The van der Waals surface area contributed by atoms with Gasteiger partial charge in [-0.3, -0.25) is 0 Å². The van der Waals surface area contributed by atoms with E-state index in [-0.39, 0.29) is 0 Å². The molecule has 0 amide bonds. The lowest BCUT2D eigenvalue weighted by molar-refractivity contribution is 0.610. The van der Waals surface area contributed by atoms with Crippen molar-refractivity contribution in [3.05, 3.63) is 12.7 Å². The van der Waals surface area contributed by atoms with Crippen molar-refractivity contribution < 1.29 is 0 Å². The maximum Gasteiger partial charge on any atom is 0.272 e. The molecule has 1 rings (SSSR count). The molecular formula is C7H13N7. The smallest absolute Gasteiger partial charge is 0.272 e. The van der Waals surface area contributed by atoms with Crippen molar-refractivity contribution in [1.29, 1.82) is 0 Å². The number of hydrogen-bond acceptors (Lipinski definition) is 4. The maximum atomic E-state index is 5.61. The second-order valence-electron chi connectivity index (χ2n) is 2.81. The summed E-state index contributed by atoms with van der Waals surface area (Å²) in [7, 11) is 3.58. The summed E-state index contributed by atoms with van der Waals surface area (Å²) < 4.78 is 1.50. The van der Waals surface area contributed by atoms with Crippen molar-refractivity contribution in [1.82, 2.24) is 25.1 Å². The number of rotatable bonds is 3. The van der Waals surface area contributed by atoms with Crippen LogP contribution in [0.15, 0.2) is 17.6 Å². The summed E-state index contributed by atoms with van der Waals surface area (Å²) in [6.07, 6.45) is 1.68. The topological polar surface area (TPSA) is 85.2 Å². The number of guanidine groups is 1. The van der Waals surface area contributed by atoms with Gasteiger partial charge >= 0.3 is 0 Å². The van der Waals surface area contributed by atoms with Crippen LogP contribution < -0.4 is 5.73 Å². The van der Waals surface area contributed by atoms with Gasteiger partial charge in [-0.05, 0) is 10.4 Å². The van der Waals surface area contributed by atoms with E-state index in [1.165, 1.54) is 4.68 Å². The van der Waals surface area contributed by atoms with Gasteiger partial charge in [0.05, 0.1) is 6.54 Å². The van der Waals surface area contributed by atoms with E-state index in [1.54, 1.807) is 25.1 Å². The molecular weight excluding hydrogens is 182 g/mol. The minimum absolute atomic E-state index is 0.352. The first-order chi connectivity index (χ1) is 6.65. The molecule has 0 spiro atoms. The molecule has 0 saturated heterocycles. The van der Waals surface area contributed by atoms with E-state index in [4.69, 9.17) is 5.73 Å². The van der Waals surface area contributed by atoms with Crippen molar-refractivity contribution in [3.8, 4) is 0 Å². The van der Waals surface area contributed by atoms with Crippen molar-refractivity contribution >= 4 is 11.9 Å². The highest BCUT2D eigenvalue weighted by Gasteiger charge is 2.04. The molecule has 7 nitrogen and oxygen atoms in total. The van der Waals surface area contributed by atoms with Gasteiger partial charge in [0, 0.05) is 14.1 Å². The van der Waals surface area contributed by atoms with Crippen molar-refractivity contribution in [2.45, 2.75) is 6.54 Å². The van der Waals surface area contributed by atoms with Gasteiger partial charge in [0.25, 0.3) is 5.95 Å². The Morgan fingerprint density at radius 1 is 1.71 bits per heavy atom. The summed E-state index contributed by atoms with van der Waals surface area (Å²) in [4.78, 5) is 5.71. The molecule has 0 radical (unpaired) electrons. The zero-order valence-electron chi connectivity index (χ0n) is 8.25. The Labute approximate surface area is 81.9 Å². The number of allylic oxidation sites excluding steroid dienone is 1. The van der Waals surface area contributed by atoms with Gasteiger partial charge in [-0.25, -0.2) is 4.68 Å². The summed E-state index contributed by atoms with van der Waals surface area (Å²) in [5.41, 5.74) is 5.61. The zero-order valence-corrected chi connectivity index (χ0v) is 8.25. The third-order valence-electron chi connectivity index (χ3n) is 1.49. The fraction of sp³-hybridized carbons (Fsp3) is 0.429. The highest BCUT2D eigenvalue weighted by molar-refractivity contribution is 5.79. The minimum atomic E-state index is 0.352. The van der Waals surface area contributed by atoms with Gasteiger partial charge < -0.3 is 10.6 Å². The van der Waals surface area contributed by atoms with Crippen LogP contribution >= 0.6 is 0 Å². The van der Waals surface area contributed by atoms with Crippen LogP contribution in [0.1, 0.15) is 0 Å². The molecule has 2 N–H and O–H groups in total. The first-order valence-electron chi connectivity index (χ1n) is 4.03. The molecule has 14 heavy (non-hydrogen) atoms. The fourth-order valence-electron chi connectivity index (χ4n) is 0.723. The molecule has 7 heteroatoms. The van der Waals surface area contributed by atoms with Crippen LogP contribution in [0.2, 0.25) is 0 Å². The van der Waals surface area contributed by atoms with E-state index in [2.05, 4.69) is 27.1 Å². The summed E-state index contributed by atoms with van der Waals surface area (Å²) in [5.74, 6) is 0.723. The zero-order chi connectivity index (χ0) is 10.6. The number of aliphatic imine (C=N–C) groups is 1. The molecule has 1 aromatic rings. The van der Waals surface area contributed by atoms with Crippen LogP contribution in [0, 0.1) is 0 Å². The molecule has 0 fully saturated rings. The van der Waals surface area contributed by atoms with E-state index in [9.17, 15) is 0 Å². The van der Waals surface area contributed by atoms with E-state index in [0.717, 1.165) is 0 Å². The highest BCUT2D eigenvalue weighted by Crippen LogP contribution is 2.04. The number of nitrogens with zero attached hydrogens (tertiary/aromatic N) is 6. The molecule has 0 atom stereocenters. The third-order valence-corrected chi connectivity index (χ3v) is 1.49. The fourth-order valence-corrected chi connectivity index (χ4v) is 0.723. The standard InChI is InChI=1S/C7H13N7/c1-4-5-14-7(10-11-12-14)9-6(8)13(2)3/h4H,1,5H2,2-3H3,(H2,8,9,10,12). The maximum absolute atomic E-state index is 5.61. The molecule has 0 unspecified atom stereocenters. The molecule has 1 aromatic heterocycles. The van der Waals surface area contributed by atoms with Gasteiger partial charge in [-0.15, -0.1) is 6.58 Å². The second kappa shape index (κ2) is 4.35. The average molecular weight is 195 g/mol. The first-order valence-corrected chi connectivity index (χ1v) is 4.03. The Hall–Kier alpha value is -1.92. The molecule has 0 aliphatic carbocycles. The van der Waals surface area contributed by atoms with Crippen molar-refractivity contribution in [3.63, 3.8) is 0 Å². The molecule has 0 aliphatic heterocycles. The Balaban J connectivity index is 2.90. The number of nitrogens with two attached hydrogens (primary N) is 1. The van der Waals surface area contributed by atoms with Crippen LogP contribution in [-0.2, 0) is 6.54 Å². The van der Waals surface area contributed by atoms with Gasteiger partial charge in [0.2, 0.25) is 0 Å². The van der Waals surface area contributed by atoms with Gasteiger partial charge in [0.1, 0.15) is 0 Å². The van der Waals surface area contributed by atoms with E-state index >= 15 is 0 Å². The quantitative estimate of drug-likeness (QED) is 0.394. The molecule has 0 aromatic carbocycles.